The predicted octanol–water partition coefficient (Wildman–Crippen LogP) is 3.46. The van der Waals surface area contributed by atoms with E-state index in [-0.39, 0.29) is 12.0 Å². The third-order valence-electron chi connectivity index (χ3n) is 2.74. The maximum Gasteiger partial charge on any atom is 0.333 e. The van der Waals surface area contributed by atoms with E-state index in [1.807, 2.05) is 0 Å². The molecule has 1 aliphatic rings. The predicted molar refractivity (Wildman–Crippen MR) is 57.5 cm³/mol. The van der Waals surface area contributed by atoms with Gasteiger partial charge in [0.15, 0.2) is 5.60 Å². The van der Waals surface area contributed by atoms with Crippen molar-refractivity contribution in [2.24, 2.45) is 0 Å². The zero-order valence-corrected chi connectivity index (χ0v) is 9.95. The number of hydrogen-bond donors (Lipinski definition) is 1. The van der Waals surface area contributed by atoms with Crippen molar-refractivity contribution in [2.75, 3.05) is 0 Å². The molecule has 0 aliphatic heterocycles. The summed E-state index contributed by atoms with van der Waals surface area (Å²) in [5.74, 6) is 0. The van der Waals surface area contributed by atoms with Crippen molar-refractivity contribution in [3.05, 3.63) is 34.3 Å². The van der Waals surface area contributed by atoms with E-state index >= 15 is 0 Å². The number of aryl methyl sites for hydroxylation is 1. The van der Waals surface area contributed by atoms with Gasteiger partial charge in [-0.1, -0.05) is 17.7 Å². The molecule has 0 amide bonds. The zero-order valence-electron chi connectivity index (χ0n) is 7.61. The molecule has 1 aromatic carbocycles. The Morgan fingerprint density at radius 2 is 2.13 bits per heavy atom. The van der Waals surface area contributed by atoms with Gasteiger partial charge in [-0.25, -0.2) is 0 Å². The first-order valence-corrected chi connectivity index (χ1v) is 5.60. The lowest BCUT2D eigenvalue weighted by Gasteiger charge is -2.28. The fourth-order valence-electron chi connectivity index (χ4n) is 1.92. The minimum Gasteiger partial charge on any atom is -0.378 e. The molecule has 1 atom stereocenters. The number of benzene rings is 1. The fourth-order valence-corrected chi connectivity index (χ4v) is 2.52. The molecule has 1 aliphatic carbocycles. The lowest BCUT2D eigenvalue weighted by molar-refractivity contribution is -0.120. The Bertz CT molecular complexity index is 405. The standard InChI is InChI=1S/C10H8BrClF2O/c11-10(13,14)9(15)4-3-6-5-7(12)1-2-8(6)9/h1-2,5,15H,3-4H2. The van der Waals surface area contributed by atoms with Crippen molar-refractivity contribution in [3.63, 3.8) is 0 Å². The van der Waals surface area contributed by atoms with E-state index in [4.69, 9.17) is 11.6 Å². The summed E-state index contributed by atoms with van der Waals surface area (Å²) in [7, 11) is 0. The normalized spacial score (nSPS) is 25.4. The Hall–Kier alpha value is -0.190. The van der Waals surface area contributed by atoms with Crippen LogP contribution in [0.5, 0.6) is 0 Å². The third kappa shape index (κ3) is 1.69. The van der Waals surface area contributed by atoms with E-state index in [0.29, 0.717) is 17.0 Å². The Balaban J connectivity index is 2.53. The number of rotatable bonds is 1. The van der Waals surface area contributed by atoms with Crippen LogP contribution in [-0.4, -0.2) is 9.94 Å². The van der Waals surface area contributed by atoms with Crippen molar-refractivity contribution < 1.29 is 13.9 Å². The summed E-state index contributed by atoms with van der Waals surface area (Å²) in [6.07, 6.45) is 0.411. The molecule has 0 radical (unpaired) electrons. The molecule has 1 unspecified atom stereocenters. The van der Waals surface area contributed by atoms with E-state index < -0.39 is 10.4 Å². The molecule has 15 heavy (non-hydrogen) atoms. The molecule has 82 valence electrons. The number of halogens is 4. The maximum atomic E-state index is 13.2. The second kappa shape index (κ2) is 3.40. The van der Waals surface area contributed by atoms with Gasteiger partial charge in [-0.15, -0.1) is 0 Å². The van der Waals surface area contributed by atoms with Gasteiger partial charge in [0, 0.05) is 5.02 Å². The minimum atomic E-state index is -3.32. The van der Waals surface area contributed by atoms with Gasteiger partial charge in [0.05, 0.1) is 0 Å². The Labute approximate surface area is 99.2 Å². The second-order valence-electron chi connectivity index (χ2n) is 3.66. The van der Waals surface area contributed by atoms with Crippen LogP contribution in [-0.2, 0) is 12.0 Å². The molecule has 5 heteroatoms. The smallest absolute Gasteiger partial charge is 0.333 e. The highest BCUT2D eigenvalue weighted by Crippen LogP contribution is 2.50. The van der Waals surface area contributed by atoms with Crippen LogP contribution in [0.25, 0.3) is 0 Å². The summed E-state index contributed by atoms with van der Waals surface area (Å²) in [4.78, 5) is -3.32. The molecule has 1 nitrogen and oxygen atoms in total. The molecule has 1 N–H and O–H groups in total. The third-order valence-corrected chi connectivity index (χ3v) is 3.63. The van der Waals surface area contributed by atoms with Crippen molar-refractivity contribution in [2.45, 2.75) is 23.3 Å². The first-order valence-electron chi connectivity index (χ1n) is 4.42. The number of hydrogen-bond acceptors (Lipinski definition) is 1. The van der Waals surface area contributed by atoms with Gasteiger partial charge in [-0.2, -0.15) is 8.78 Å². The van der Waals surface area contributed by atoms with Gasteiger partial charge in [0.1, 0.15) is 0 Å². The van der Waals surface area contributed by atoms with Crippen molar-refractivity contribution in [1.82, 2.24) is 0 Å². The molecule has 2 rings (SSSR count). The summed E-state index contributed by atoms with van der Waals surface area (Å²) >= 11 is 7.98. The zero-order chi connectivity index (χ0) is 11.3. The van der Waals surface area contributed by atoms with Gasteiger partial charge in [-0.05, 0) is 52.0 Å². The second-order valence-corrected chi connectivity index (χ2v) is 5.09. The van der Waals surface area contributed by atoms with Crippen LogP contribution in [0, 0.1) is 0 Å². The van der Waals surface area contributed by atoms with Crippen LogP contribution >= 0.6 is 27.5 Å². The first kappa shape index (κ1) is 11.3. The van der Waals surface area contributed by atoms with Crippen molar-refractivity contribution in [1.29, 1.82) is 0 Å². The van der Waals surface area contributed by atoms with Crippen molar-refractivity contribution >= 4 is 27.5 Å². The first-order chi connectivity index (χ1) is 6.84. The summed E-state index contributed by atoms with van der Waals surface area (Å²) in [5.41, 5.74) is -1.18. The maximum absolute atomic E-state index is 13.2. The van der Waals surface area contributed by atoms with Gasteiger partial charge in [-0.3, -0.25) is 0 Å². The highest BCUT2D eigenvalue weighted by Gasteiger charge is 2.55. The van der Waals surface area contributed by atoms with E-state index in [9.17, 15) is 13.9 Å². The summed E-state index contributed by atoms with van der Waals surface area (Å²) in [6, 6.07) is 4.59. The minimum absolute atomic E-state index is 0.000918. The van der Waals surface area contributed by atoms with Gasteiger partial charge in [0.25, 0.3) is 0 Å². The molecular weight excluding hydrogens is 289 g/mol. The lowest BCUT2D eigenvalue weighted by Crippen LogP contribution is -2.38. The molecule has 0 saturated heterocycles. The number of alkyl halides is 3. The van der Waals surface area contributed by atoms with Crippen LogP contribution in [0.15, 0.2) is 18.2 Å². The Morgan fingerprint density at radius 1 is 1.47 bits per heavy atom. The van der Waals surface area contributed by atoms with Crippen LogP contribution in [0.3, 0.4) is 0 Å². The highest BCUT2D eigenvalue weighted by atomic mass is 79.9. The molecular formula is C10H8BrClF2O. The van der Waals surface area contributed by atoms with E-state index in [0.717, 1.165) is 0 Å². The van der Waals surface area contributed by atoms with Crippen LogP contribution in [0.1, 0.15) is 17.5 Å². The fraction of sp³-hybridized carbons (Fsp3) is 0.400. The molecule has 0 aromatic heterocycles. The summed E-state index contributed by atoms with van der Waals surface area (Å²) in [6.45, 7) is 0. The van der Waals surface area contributed by atoms with Gasteiger partial charge in [0.2, 0.25) is 0 Å². The van der Waals surface area contributed by atoms with E-state index in [2.05, 4.69) is 15.9 Å². The average Bonchev–Trinajstić information content (AvgIpc) is 2.43. The van der Waals surface area contributed by atoms with E-state index in [1.165, 1.54) is 12.1 Å². The van der Waals surface area contributed by atoms with Crippen LogP contribution in [0.2, 0.25) is 5.02 Å². The average molecular weight is 298 g/mol. The van der Waals surface area contributed by atoms with Gasteiger partial charge >= 0.3 is 4.83 Å². The quantitative estimate of drug-likeness (QED) is 0.787. The molecule has 1 aromatic rings. The van der Waals surface area contributed by atoms with Crippen molar-refractivity contribution in [3.8, 4) is 0 Å². The SMILES string of the molecule is OC1(C(F)(F)Br)CCc2cc(Cl)ccc21. The monoisotopic (exact) mass is 296 g/mol. The summed E-state index contributed by atoms with van der Waals surface area (Å²) < 4.78 is 26.4. The molecule has 0 fully saturated rings. The summed E-state index contributed by atoms with van der Waals surface area (Å²) in [5, 5.41) is 10.4. The molecule has 0 saturated carbocycles. The molecule has 0 heterocycles. The Kier molecular flexibility index (Phi) is 2.56. The number of aliphatic hydroxyl groups is 1. The highest BCUT2D eigenvalue weighted by molar-refractivity contribution is 9.10. The largest absolute Gasteiger partial charge is 0.378 e. The molecule has 0 bridgehead atoms. The van der Waals surface area contributed by atoms with Gasteiger partial charge < -0.3 is 5.11 Å². The van der Waals surface area contributed by atoms with E-state index in [1.54, 1.807) is 6.07 Å². The van der Waals surface area contributed by atoms with Crippen LogP contribution < -0.4 is 0 Å². The number of fused-ring (bicyclic) bond motifs is 1. The topological polar surface area (TPSA) is 20.2 Å². The van der Waals surface area contributed by atoms with Crippen LogP contribution in [0.4, 0.5) is 8.78 Å². The Morgan fingerprint density at radius 3 is 2.73 bits per heavy atom. The molecule has 0 spiro atoms. The lowest BCUT2D eigenvalue weighted by atomic mass is 9.97.